The van der Waals surface area contributed by atoms with E-state index in [2.05, 4.69) is 5.32 Å². The number of esters is 1. The van der Waals surface area contributed by atoms with Crippen LogP contribution in [0.1, 0.15) is 31.4 Å². The second kappa shape index (κ2) is 9.30. The summed E-state index contributed by atoms with van der Waals surface area (Å²) in [7, 11) is 1.36. The molecule has 0 aromatic heterocycles. The topological polar surface area (TPSA) is 81.4 Å². The monoisotopic (exact) mass is 320 g/mol. The van der Waals surface area contributed by atoms with Gasteiger partial charge in [0, 0.05) is 6.54 Å². The minimum absolute atomic E-state index is 0.225. The van der Waals surface area contributed by atoms with Crippen molar-refractivity contribution in [2.75, 3.05) is 13.7 Å². The molecule has 0 saturated heterocycles. The minimum atomic E-state index is -0.549. The van der Waals surface area contributed by atoms with E-state index in [0.717, 1.165) is 11.1 Å². The number of hydrogen-bond donors (Lipinski definition) is 2. The molecule has 0 aliphatic rings. The second-order valence-corrected chi connectivity index (χ2v) is 6.39. The quantitative estimate of drug-likeness (QED) is 0.716. The lowest BCUT2D eigenvalue weighted by Gasteiger charge is -2.18. The number of carbonyl (C=O) groups excluding carboxylic acids is 2. The van der Waals surface area contributed by atoms with Crippen LogP contribution in [0, 0.1) is 18.8 Å². The van der Waals surface area contributed by atoms with Crippen molar-refractivity contribution < 1.29 is 14.3 Å². The Kier molecular flexibility index (Phi) is 7.75. The molecule has 1 aromatic carbocycles. The summed E-state index contributed by atoms with van der Waals surface area (Å²) >= 11 is 0. The summed E-state index contributed by atoms with van der Waals surface area (Å²) in [4.78, 5) is 24.0. The van der Waals surface area contributed by atoms with E-state index in [0.29, 0.717) is 18.8 Å². The third-order valence-corrected chi connectivity index (χ3v) is 3.68. The first-order valence-corrected chi connectivity index (χ1v) is 8.00. The number of aryl methyl sites for hydroxylation is 1. The molecule has 5 heteroatoms. The highest BCUT2D eigenvalue weighted by atomic mass is 16.5. The van der Waals surface area contributed by atoms with E-state index in [1.165, 1.54) is 7.11 Å². The lowest BCUT2D eigenvalue weighted by molar-refractivity contribution is -0.145. The Balaban J connectivity index is 2.65. The van der Waals surface area contributed by atoms with Gasteiger partial charge in [-0.15, -0.1) is 0 Å². The first kappa shape index (κ1) is 19.2. The average molecular weight is 320 g/mol. The molecule has 0 saturated carbocycles. The lowest BCUT2D eigenvalue weighted by Crippen LogP contribution is -2.44. The van der Waals surface area contributed by atoms with Crippen molar-refractivity contribution >= 4 is 11.9 Å². The van der Waals surface area contributed by atoms with Gasteiger partial charge in [-0.05, 0) is 31.2 Å². The maximum absolute atomic E-state index is 12.0. The molecule has 0 heterocycles. The number of ether oxygens (including phenoxy) is 1. The lowest BCUT2D eigenvalue weighted by atomic mass is 9.97. The van der Waals surface area contributed by atoms with E-state index in [1.807, 2.05) is 45.0 Å². The molecule has 1 rings (SSSR count). The van der Waals surface area contributed by atoms with E-state index < -0.39 is 12.0 Å². The van der Waals surface area contributed by atoms with Crippen LogP contribution in [-0.2, 0) is 20.7 Å². The van der Waals surface area contributed by atoms with Crippen LogP contribution in [0.25, 0.3) is 0 Å². The zero-order valence-electron chi connectivity index (χ0n) is 14.5. The van der Waals surface area contributed by atoms with Crippen LogP contribution in [-0.4, -0.2) is 31.6 Å². The summed E-state index contributed by atoms with van der Waals surface area (Å²) in [6, 6.07) is 7.41. The highest BCUT2D eigenvalue weighted by Crippen LogP contribution is 2.12. The van der Waals surface area contributed by atoms with Crippen molar-refractivity contribution in [2.24, 2.45) is 17.6 Å². The number of amides is 1. The van der Waals surface area contributed by atoms with Crippen LogP contribution >= 0.6 is 0 Å². The fourth-order valence-corrected chi connectivity index (χ4v) is 2.50. The molecule has 3 N–H and O–H groups in total. The molecular weight excluding hydrogens is 292 g/mol. The van der Waals surface area contributed by atoms with E-state index in [1.54, 1.807) is 0 Å². The fourth-order valence-electron chi connectivity index (χ4n) is 2.50. The Bertz CT molecular complexity index is 529. The number of nitrogens with one attached hydrogen (secondary N) is 1. The number of carbonyl (C=O) groups is 2. The van der Waals surface area contributed by atoms with Crippen LogP contribution in [0.15, 0.2) is 24.3 Å². The zero-order chi connectivity index (χ0) is 17.4. The van der Waals surface area contributed by atoms with E-state index in [-0.39, 0.29) is 18.4 Å². The molecule has 23 heavy (non-hydrogen) atoms. The Hall–Kier alpha value is -1.88. The number of hydrogen-bond acceptors (Lipinski definition) is 4. The molecule has 0 bridgehead atoms. The van der Waals surface area contributed by atoms with Crippen molar-refractivity contribution in [3.8, 4) is 0 Å². The summed E-state index contributed by atoms with van der Waals surface area (Å²) in [5, 5.41) is 2.77. The molecule has 2 atom stereocenters. The molecule has 1 amide bonds. The predicted molar refractivity (Wildman–Crippen MR) is 90.8 cm³/mol. The SMILES string of the molecule is COC(=O)C(CNC(=O)[C@@H](N)CC(C)C)Cc1cccc(C)c1. The average Bonchev–Trinajstić information content (AvgIpc) is 2.49. The third-order valence-electron chi connectivity index (χ3n) is 3.68. The van der Waals surface area contributed by atoms with Crippen LogP contribution < -0.4 is 11.1 Å². The van der Waals surface area contributed by atoms with Gasteiger partial charge in [0.15, 0.2) is 0 Å². The maximum atomic E-state index is 12.0. The molecule has 5 nitrogen and oxygen atoms in total. The summed E-state index contributed by atoms with van der Waals surface area (Å²) in [6.07, 6.45) is 1.14. The largest absolute Gasteiger partial charge is 0.469 e. The fraction of sp³-hybridized carbons (Fsp3) is 0.556. The normalized spacial score (nSPS) is 13.5. The van der Waals surface area contributed by atoms with Gasteiger partial charge in [0.25, 0.3) is 0 Å². The van der Waals surface area contributed by atoms with Crippen LogP contribution in [0.4, 0.5) is 0 Å². The molecule has 0 radical (unpaired) electrons. The summed E-state index contributed by atoms with van der Waals surface area (Å²) in [5.41, 5.74) is 8.03. The van der Waals surface area contributed by atoms with Gasteiger partial charge in [-0.2, -0.15) is 0 Å². The number of rotatable bonds is 8. The van der Waals surface area contributed by atoms with Crippen molar-refractivity contribution in [2.45, 2.75) is 39.7 Å². The molecular formula is C18H28N2O3. The Morgan fingerprint density at radius 1 is 1.30 bits per heavy atom. The van der Waals surface area contributed by atoms with Crippen molar-refractivity contribution in [1.29, 1.82) is 0 Å². The number of benzene rings is 1. The van der Waals surface area contributed by atoms with Crippen LogP contribution in [0.3, 0.4) is 0 Å². The highest BCUT2D eigenvalue weighted by molar-refractivity contribution is 5.82. The smallest absolute Gasteiger partial charge is 0.310 e. The van der Waals surface area contributed by atoms with Crippen molar-refractivity contribution in [1.82, 2.24) is 5.32 Å². The van der Waals surface area contributed by atoms with Gasteiger partial charge in [0.05, 0.1) is 19.1 Å². The second-order valence-electron chi connectivity index (χ2n) is 6.39. The molecule has 1 aromatic rings. The molecule has 1 unspecified atom stereocenters. The van der Waals surface area contributed by atoms with E-state index in [4.69, 9.17) is 10.5 Å². The Morgan fingerprint density at radius 2 is 2.00 bits per heavy atom. The first-order valence-electron chi connectivity index (χ1n) is 8.00. The molecule has 0 spiro atoms. The molecule has 128 valence electrons. The third kappa shape index (κ3) is 6.82. The minimum Gasteiger partial charge on any atom is -0.469 e. The van der Waals surface area contributed by atoms with Gasteiger partial charge in [0.1, 0.15) is 0 Å². The van der Waals surface area contributed by atoms with E-state index >= 15 is 0 Å². The maximum Gasteiger partial charge on any atom is 0.310 e. The van der Waals surface area contributed by atoms with Crippen LogP contribution in [0.2, 0.25) is 0 Å². The molecule has 0 aliphatic carbocycles. The Labute approximate surface area is 138 Å². The van der Waals surface area contributed by atoms with Gasteiger partial charge < -0.3 is 15.8 Å². The van der Waals surface area contributed by atoms with Gasteiger partial charge in [-0.3, -0.25) is 9.59 Å². The highest BCUT2D eigenvalue weighted by Gasteiger charge is 2.22. The first-order chi connectivity index (χ1) is 10.8. The summed E-state index contributed by atoms with van der Waals surface area (Å²) in [5.74, 6) is -0.627. The molecule has 0 fully saturated rings. The zero-order valence-corrected chi connectivity index (χ0v) is 14.5. The summed E-state index contributed by atoms with van der Waals surface area (Å²) in [6.45, 7) is 6.26. The number of nitrogens with two attached hydrogens (primary N) is 1. The van der Waals surface area contributed by atoms with Crippen molar-refractivity contribution in [3.63, 3.8) is 0 Å². The Morgan fingerprint density at radius 3 is 2.57 bits per heavy atom. The van der Waals surface area contributed by atoms with Gasteiger partial charge in [-0.1, -0.05) is 43.7 Å². The number of methoxy groups -OCH3 is 1. The van der Waals surface area contributed by atoms with E-state index in [9.17, 15) is 9.59 Å². The van der Waals surface area contributed by atoms with Gasteiger partial charge >= 0.3 is 5.97 Å². The summed E-state index contributed by atoms with van der Waals surface area (Å²) < 4.78 is 4.85. The van der Waals surface area contributed by atoms with Crippen molar-refractivity contribution in [3.05, 3.63) is 35.4 Å². The van der Waals surface area contributed by atoms with Crippen LogP contribution in [0.5, 0.6) is 0 Å². The van der Waals surface area contributed by atoms with Gasteiger partial charge in [0.2, 0.25) is 5.91 Å². The van der Waals surface area contributed by atoms with Gasteiger partial charge in [-0.25, -0.2) is 0 Å². The molecule has 0 aliphatic heterocycles. The standard InChI is InChI=1S/C18H28N2O3/c1-12(2)8-16(19)17(21)20-11-15(18(22)23-4)10-14-7-5-6-13(3)9-14/h5-7,9,12,15-16H,8,10-11,19H2,1-4H3,(H,20,21)/t15?,16-/m0/s1. The predicted octanol–water partition coefficient (Wildman–Crippen LogP) is 1.82.